The summed E-state index contributed by atoms with van der Waals surface area (Å²) in [4.78, 5) is 21.9. The van der Waals surface area contributed by atoms with Crippen LogP contribution in [0.25, 0.3) is 0 Å². The van der Waals surface area contributed by atoms with Crippen LogP contribution >= 0.6 is 0 Å². The number of hydrogen-bond acceptors (Lipinski definition) is 2. The molecule has 0 aliphatic heterocycles. The summed E-state index contributed by atoms with van der Waals surface area (Å²) in [5.74, 6) is -0.206. The summed E-state index contributed by atoms with van der Waals surface area (Å²) in [6, 6.07) is 0. The van der Waals surface area contributed by atoms with Gasteiger partial charge in [-0.25, -0.2) is 4.79 Å². The Bertz CT molecular complexity index is 379. The van der Waals surface area contributed by atoms with Crippen molar-refractivity contribution in [1.29, 1.82) is 0 Å². The Morgan fingerprint density at radius 3 is 2.67 bits per heavy atom. The number of aliphatic carboxylic acids is 1. The average Bonchev–Trinajstić information content (AvgIpc) is 2.48. The molecule has 0 aromatic heterocycles. The standard InChI is InChI=1S/C15H22O3/c1-10-4-6-14(12(3)15(17)18)9-8-13(10)7-5-11(2)16/h8,10,14H,3-7,9H2,1-2H3,(H,17,18)/t10-,14-/m0/s1. The Labute approximate surface area is 109 Å². The fourth-order valence-corrected chi connectivity index (χ4v) is 2.41. The van der Waals surface area contributed by atoms with E-state index < -0.39 is 5.97 Å². The van der Waals surface area contributed by atoms with Gasteiger partial charge in [-0.1, -0.05) is 25.2 Å². The van der Waals surface area contributed by atoms with Gasteiger partial charge in [0, 0.05) is 12.0 Å². The van der Waals surface area contributed by atoms with Crippen LogP contribution in [0, 0.1) is 11.8 Å². The van der Waals surface area contributed by atoms with Gasteiger partial charge >= 0.3 is 5.97 Å². The molecule has 0 fully saturated rings. The van der Waals surface area contributed by atoms with E-state index >= 15 is 0 Å². The Morgan fingerprint density at radius 2 is 2.11 bits per heavy atom. The highest BCUT2D eigenvalue weighted by Gasteiger charge is 2.22. The van der Waals surface area contributed by atoms with Gasteiger partial charge in [0.1, 0.15) is 5.78 Å². The Balaban J connectivity index is 2.67. The summed E-state index contributed by atoms with van der Waals surface area (Å²) in [6.45, 7) is 7.42. The van der Waals surface area contributed by atoms with E-state index in [2.05, 4.69) is 19.6 Å². The number of ketones is 1. The van der Waals surface area contributed by atoms with Crippen LogP contribution in [0.4, 0.5) is 0 Å². The molecule has 3 nitrogen and oxygen atoms in total. The third-order valence-electron chi connectivity index (χ3n) is 3.78. The number of carbonyl (C=O) groups excluding carboxylic acids is 1. The van der Waals surface area contributed by atoms with Crippen LogP contribution in [0.5, 0.6) is 0 Å². The molecule has 18 heavy (non-hydrogen) atoms. The molecular formula is C15H22O3. The fourth-order valence-electron chi connectivity index (χ4n) is 2.41. The maximum atomic E-state index is 11.0. The van der Waals surface area contributed by atoms with Gasteiger partial charge in [0.15, 0.2) is 0 Å². The van der Waals surface area contributed by atoms with Gasteiger partial charge in [-0.2, -0.15) is 0 Å². The van der Waals surface area contributed by atoms with Crippen LogP contribution in [0.2, 0.25) is 0 Å². The molecule has 0 aromatic rings. The van der Waals surface area contributed by atoms with Gasteiger partial charge in [0.2, 0.25) is 0 Å². The molecular weight excluding hydrogens is 228 g/mol. The number of hydrogen-bond donors (Lipinski definition) is 1. The van der Waals surface area contributed by atoms with E-state index in [-0.39, 0.29) is 11.7 Å². The minimum absolute atomic E-state index is 0.0415. The predicted octanol–water partition coefficient (Wildman–Crippen LogP) is 3.36. The van der Waals surface area contributed by atoms with E-state index in [0.29, 0.717) is 17.9 Å². The van der Waals surface area contributed by atoms with E-state index in [9.17, 15) is 9.59 Å². The van der Waals surface area contributed by atoms with E-state index in [1.54, 1.807) is 6.92 Å². The Hall–Kier alpha value is -1.38. The van der Waals surface area contributed by atoms with E-state index in [4.69, 9.17) is 5.11 Å². The summed E-state index contributed by atoms with van der Waals surface area (Å²) in [7, 11) is 0. The Kier molecular flexibility index (Phi) is 5.32. The molecule has 0 saturated carbocycles. The minimum atomic E-state index is -0.895. The van der Waals surface area contributed by atoms with Crippen molar-refractivity contribution in [3.63, 3.8) is 0 Å². The number of carbonyl (C=O) groups is 2. The van der Waals surface area contributed by atoms with Crippen LogP contribution in [0.15, 0.2) is 23.8 Å². The molecule has 0 heterocycles. The van der Waals surface area contributed by atoms with Crippen LogP contribution in [0.3, 0.4) is 0 Å². The Morgan fingerprint density at radius 1 is 1.44 bits per heavy atom. The summed E-state index contributed by atoms with van der Waals surface area (Å²) in [5, 5.41) is 8.97. The van der Waals surface area contributed by atoms with Crippen molar-refractivity contribution < 1.29 is 14.7 Å². The van der Waals surface area contributed by atoms with Crippen molar-refractivity contribution in [2.75, 3.05) is 0 Å². The van der Waals surface area contributed by atoms with Gasteiger partial charge in [-0.3, -0.25) is 0 Å². The zero-order chi connectivity index (χ0) is 13.7. The number of allylic oxidation sites excluding steroid dienone is 2. The molecule has 2 atom stereocenters. The number of carboxylic acid groups (broad SMARTS) is 1. The quantitative estimate of drug-likeness (QED) is 0.601. The van der Waals surface area contributed by atoms with Crippen molar-refractivity contribution in [2.45, 2.75) is 46.0 Å². The summed E-state index contributed by atoms with van der Waals surface area (Å²) in [5.41, 5.74) is 1.61. The molecule has 0 saturated heterocycles. The molecule has 1 aliphatic carbocycles. The summed E-state index contributed by atoms with van der Waals surface area (Å²) in [6.07, 6.45) is 6.10. The first-order valence-electron chi connectivity index (χ1n) is 6.52. The third kappa shape index (κ3) is 4.13. The second-order valence-electron chi connectivity index (χ2n) is 5.22. The minimum Gasteiger partial charge on any atom is -0.478 e. The number of Topliss-reactive ketones (excluding diaryl/α,β-unsaturated/α-hetero) is 1. The van der Waals surface area contributed by atoms with Crippen molar-refractivity contribution in [1.82, 2.24) is 0 Å². The third-order valence-corrected chi connectivity index (χ3v) is 3.78. The molecule has 1 aliphatic rings. The van der Waals surface area contributed by atoms with Gasteiger partial charge in [-0.15, -0.1) is 0 Å². The molecule has 0 aromatic carbocycles. The highest BCUT2D eigenvalue weighted by molar-refractivity contribution is 5.86. The SMILES string of the molecule is C=C(C(=O)O)[C@@H]1CC=C(CCC(C)=O)[C@@H](C)CC1. The summed E-state index contributed by atoms with van der Waals surface area (Å²) < 4.78 is 0. The zero-order valence-electron chi connectivity index (χ0n) is 11.2. The maximum Gasteiger partial charge on any atom is 0.331 e. The monoisotopic (exact) mass is 250 g/mol. The number of rotatable bonds is 5. The van der Waals surface area contributed by atoms with Crippen LogP contribution in [-0.4, -0.2) is 16.9 Å². The lowest BCUT2D eigenvalue weighted by Crippen LogP contribution is -2.11. The highest BCUT2D eigenvalue weighted by atomic mass is 16.4. The summed E-state index contributed by atoms with van der Waals surface area (Å²) >= 11 is 0. The predicted molar refractivity (Wildman–Crippen MR) is 71.3 cm³/mol. The largest absolute Gasteiger partial charge is 0.478 e. The zero-order valence-corrected chi connectivity index (χ0v) is 11.2. The number of carboxylic acids is 1. The maximum absolute atomic E-state index is 11.0. The van der Waals surface area contributed by atoms with Gasteiger partial charge in [0.25, 0.3) is 0 Å². The van der Waals surface area contributed by atoms with Crippen LogP contribution < -0.4 is 0 Å². The van der Waals surface area contributed by atoms with Gasteiger partial charge in [0.05, 0.1) is 0 Å². The first-order valence-corrected chi connectivity index (χ1v) is 6.52. The molecule has 0 unspecified atom stereocenters. The lowest BCUT2D eigenvalue weighted by molar-refractivity contribution is -0.133. The molecule has 0 radical (unpaired) electrons. The molecule has 0 amide bonds. The van der Waals surface area contributed by atoms with Gasteiger partial charge in [-0.05, 0) is 44.4 Å². The molecule has 1 N–H and O–H groups in total. The van der Waals surface area contributed by atoms with Crippen molar-refractivity contribution in [2.24, 2.45) is 11.8 Å². The lowest BCUT2D eigenvalue weighted by atomic mass is 9.90. The van der Waals surface area contributed by atoms with E-state index in [0.717, 1.165) is 25.7 Å². The van der Waals surface area contributed by atoms with E-state index in [1.807, 2.05) is 0 Å². The second kappa shape index (κ2) is 6.53. The highest BCUT2D eigenvalue weighted by Crippen LogP contribution is 2.32. The second-order valence-corrected chi connectivity index (χ2v) is 5.22. The molecule has 1 rings (SSSR count). The first-order chi connectivity index (χ1) is 8.41. The molecule has 0 bridgehead atoms. The van der Waals surface area contributed by atoms with Gasteiger partial charge < -0.3 is 9.90 Å². The smallest absolute Gasteiger partial charge is 0.331 e. The molecule has 3 heteroatoms. The van der Waals surface area contributed by atoms with Crippen molar-refractivity contribution in [3.05, 3.63) is 23.8 Å². The van der Waals surface area contributed by atoms with Crippen LogP contribution in [-0.2, 0) is 9.59 Å². The topological polar surface area (TPSA) is 54.4 Å². The average molecular weight is 250 g/mol. The van der Waals surface area contributed by atoms with Crippen molar-refractivity contribution >= 4 is 11.8 Å². The normalized spacial score (nSPS) is 24.0. The lowest BCUT2D eigenvalue weighted by Gasteiger charge is -2.14. The molecule has 0 spiro atoms. The van der Waals surface area contributed by atoms with E-state index in [1.165, 1.54) is 5.57 Å². The fraction of sp³-hybridized carbons (Fsp3) is 0.600. The first kappa shape index (κ1) is 14.7. The molecule has 100 valence electrons. The van der Waals surface area contributed by atoms with Crippen LogP contribution in [0.1, 0.15) is 46.0 Å². The van der Waals surface area contributed by atoms with Crippen molar-refractivity contribution in [3.8, 4) is 0 Å².